The first-order valence-corrected chi connectivity index (χ1v) is 12.6. The molecule has 1 saturated heterocycles. The molecule has 0 bridgehead atoms. The maximum absolute atomic E-state index is 12.6. The monoisotopic (exact) mass is 539 g/mol. The number of ether oxygens (including phenoxy) is 1. The fraction of sp³-hybridized carbons (Fsp3) is 0.370. The van der Waals surface area contributed by atoms with Gasteiger partial charge in [-0.3, -0.25) is 14.7 Å². The van der Waals surface area contributed by atoms with Crippen LogP contribution in [0.15, 0.2) is 49.1 Å². The van der Waals surface area contributed by atoms with E-state index >= 15 is 0 Å². The van der Waals surface area contributed by atoms with Crippen molar-refractivity contribution in [2.45, 2.75) is 32.0 Å². The van der Waals surface area contributed by atoms with Gasteiger partial charge in [0.25, 0.3) is 0 Å². The zero-order chi connectivity index (χ0) is 27.6. The molecule has 39 heavy (non-hydrogen) atoms. The van der Waals surface area contributed by atoms with Gasteiger partial charge in [0.1, 0.15) is 24.3 Å². The highest BCUT2D eigenvalue weighted by atomic mass is 19.4. The van der Waals surface area contributed by atoms with Crippen molar-refractivity contribution in [3.05, 3.63) is 66.1 Å². The minimum atomic E-state index is -4.48. The Kier molecular flexibility index (Phi) is 7.47. The molecule has 1 aliphatic heterocycles. The number of carbonyl (C=O) groups is 1. The van der Waals surface area contributed by atoms with E-state index in [1.807, 2.05) is 30.3 Å². The Balaban J connectivity index is 1.25. The number of amides is 1. The van der Waals surface area contributed by atoms with E-state index in [9.17, 15) is 18.0 Å². The highest BCUT2D eigenvalue weighted by molar-refractivity contribution is 5.82. The zero-order valence-corrected chi connectivity index (χ0v) is 21.6. The van der Waals surface area contributed by atoms with Crippen molar-refractivity contribution < 1.29 is 22.7 Å². The molecule has 5 rings (SSSR count). The normalized spacial score (nSPS) is 15.5. The predicted molar refractivity (Wildman–Crippen MR) is 138 cm³/mol. The van der Waals surface area contributed by atoms with Gasteiger partial charge in [-0.25, -0.2) is 15.0 Å². The Morgan fingerprint density at radius 2 is 1.92 bits per heavy atom. The SMILES string of the molecule is COc1cncnc1-c1ccc2nc(Cc3cc(C(C)N4CCN(C(=O)CC(F)(F)F)CC4)ccn3)[nH]c2c1. The van der Waals surface area contributed by atoms with Crippen LogP contribution in [0.1, 0.15) is 36.5 Å². The molecule has 1 fully saturated rings. The second kappa shape index (κ2) is 11.0. The quantitative estimate of drug-likeness (QED) is 0.376. The van der Waals surface area contributed by atoms with Crippen molar-refractivity contribution in [2.24, 2.45) is 0 Å². The number of hydrogen-bond acceptors (Lipinski definition) is 7. The standard InChI is InChI=1S/C27H28F3N7O2/c1-17(36-7-9-37(10-8-36)25(38)14-27(28,29)30)18-5-6-32-20(11-18)13-24-34-21-4-3-19(12-22(21)35-24)26-23(39-2)15-31-16-33-26/h3-6,11-12,15-17H,7-10,13-14H2,1-2H3,(H,34,35). The first-order valence-electron chi connectivity index (χ1n) is 12.6. The third-order valence-corrected chi connectivity index (χ3v) is 6.94. The summed E-state index contributed by atoms with van der Waals surface area (Å²) in [6.07, 6.45) is -0.533. The lowest BCUT2D eigenvalue weighted by atomic mass is 10.1. The Labute approximate surface area is 223 Å². The number of pyridine rings is 1. The molecule has 1 atom stereocenters. The highest BCUT2D eigenvalue weighted by Gasteiger charge is 2.35. The van der Waals surface area contributed by atoms with Gasteiger partial charge in [-0.2, -0.15) is 13.2 Å². The fourth-order valence-electron chi connectivity index (χ4n) is 4.85. The van der Waals surface area contributed by atoms with E-state index in [-0.39, 0.29) is 19.1 Å². The summed E-state index contributed by atoms with van der Waals surface area (Å²) in [6.45, 7) is 3.62. The summed E-state index contributed by atoms with van der Waals surface area (Å²) in [5, 5.41) is 0. The van der Waals surface area contributed by atoms with Crippen molar-refractivity contribution in [1.29, 1.82) is 0 Å². The lowest BCUT2D eigenvalue weighted by Crippen LogP contribution is -2.50. The third-order valence-electron chi connectivity index (χ3n) is 6.94. The van der Waals surface area contributed by atoms with Crippen LogP contribution in [-0.2, 0) is 11.2 Å². The Bertz CT molecular complexity index is 1470. The van der Waals surface area contributed by atoms with E-state index in [2.05, 4.69) is 31.8 Å². The average molecular weight is 540 g/mol. The van der Waals surface area contributed by atoms with E-state index in [4.69, 9.17) is 9.72 Å². The van der Waals surface area contributed by atoms with Crippen molar-refractivity contribution in [3.63, 3.8) is 0 Å². The number of carbonyl (C=O) groups excluding carboxylic acids is 1. The van der Waals surface area contributed by atoms with Crippen LogP contribution < -0.4 is 4.74 Å². The number of nitrogens with one attached hydrogen (secondary N) is 1. The molecule has 4 heterocycles. The van der Waals surface area contributed by atoms with E-state index < -0.39 is 18.5 Å². The van der Waals surface area contributed by atoms with Crippen LogP contribution in [0.4, 0.5) is 13.2 Å². The number of nitrogens with zero attached hydrogens (tertiary/aromatic N) is 6. The number of methoxy groups -OCH3 is 1. The Morgan fingerprint density at radius 3 is 2.67 bits per heavy atom. The summed E-state index contributed by atoms with van der Waals surface area (Å²) in [6, 6.07) is 9.83. The number of H-pyrrole nitrogens is 1. The number of imidazole rings is 1. The molecule has 1 N–H and O–H groups in total. The summed E-state index contributed by atoms with van der Waals surface area (Å²) in [7, 11) is 1.58. The van der Waals surface area contributed by atoms with Gasteiger partial charge < -0.3 is 14.6 Å². The van der Waals surface area contributed by atoms with Gasteiger partial charge in [0.2, 0.25) is 5.91 Å². The largest absolute Gasteiger partial charge is 0.493 e. The molecule has 0 spiro atoms. The fourth-order valence-corrected chi connectivity index (χ4v) is 4.85. The predicted octanol–water partition coefficient (Wildman–Crippen LogP) is 4.17. The number of fused-ring (bicyclic) bond motifs is 1. The second-order valence-corrected chi connectivity index (χ2v) is 9.50. The maximum Gasteiger partial charge on any atom is 0.397 e. The summed E-state index contributed by atoms with van der Waals surface area (Å²) < 4.78 is 43.1. The zero-order valence-electron chi connectivity index (χ0n) is 21.6. The van der Waals surface area contributed by atoms with Gasteiger partial charge in [-0.05, 0) is 36.8 Å². The minimum Gasteiger partial charge on any atom is -0.493 e. The van der Waals surface area contributed by atoms with Crippen LogP contribution in [-0.4, -0.2) is 80.1 Å². The molecule has 1 amide bonds. The molecule has 12 heteroatoms. The van der Waals surface area contributed by atoms with E-state index in [1.165, 1.54) is 11.2 Å². The van der Waals surface area contributed by atoms with Crippen LogP contribution in [0, 0.1) is 0 Å². The molecule has 4 aromatic rings. The number of benzene rings is 1. The summed E-state index contributed by atoms with van der Waals surface area (Å²) in [4.78, 5) is 36.3. The molecule has 0 saturated carbocycles. The summed E-state index contributed by atoms with van der Waals surface area (Å²) in [5.74, 6) is 0.488. The number of hydrogen-bond donors (Lipinski definition) is 1. The van der Waals surface area contributed by atoms with Crippen LogP contribution in [0.25, 0.3) is 22.3 Å². The van der Waals surface area contributed by atoms with Gasteiger partial charge in [0, 0.05) is 56.1 Å². The molecule has 204 valence electrons. The molecular weight excluding hydrogens is 511 g/mol. The molecule has 1 aromatic carbocycles. The Morgan fingerprint density at radius 1 is 1.13 bits per heavy atom. The molecule has 0 radical (unpaired) electrons. The van der Waals surface area contributed by atoms with E-state index in [1.54, 1.807) is 19.5 Å². The smallest absolute Gasteiger partial charge is 0.397 e. The first kappa shape index (κ1) is 26.5. The summed E-state index contributed by atoms with van der Waals surface area (Å²) in [5.41, 5.74) is 5.15. The van der Waals surface area contributed by atoms with Gasteiger partial charge in [-0.15, -0.1) is 0 Å². The van der Waals surface area contributed by atoms with E-state index in [0.29, 0.717) is 31.0 Å². The van der Waals surface area contributed by atoms with Crippen LogP contribution >= 0.6 is 0 Å². The first-order chi connectivity index (χ1) is 18.7. The van der Waals surface area contributed by atoms with Crippen LogP contribution in [0.3, 0.4) is 0 Å². The number of alkyl halides is 3. The maximum atomic E-state index is 12.6. The van der Waals surface area contributed by atoms with Crippen molar-refractivity contribution in [3.8, 4) is 17.0 Å². The molecule has 1 unspecified atom stereocenters. The number of halogens is 3. The second-order valence-electron chi connectivity index (χ2n) is 9.50. The topological polar surface area (TPSA) is 100 Å². The van der Waals surface area contributed by atoms with Gasteiger partial charge >= 0.3 is 6.18 Å². The Hall–Kier alpha value is -4.06. The third kappa shape index (κ3) is 6.17. The van der Waals surface area contributed by atoms with Crippen molar-refractivity contribution >= 4 is 16.9 Å². The van der Waals surface area contributed by atoms with Gasteiger partial charge in [0.05, 0.1) is 24.3 Å². The average Bonchev–Trinajstić information content (AvgIpc) is 3.33. The van der Waals surface area contributed by atoms with Crippen molar-refractivity contribution in [2.75, 3.05) is 33.3 Å². The minimum absolute atomic E-state index is 0.0210. The summed E-state index contributed by atoms with van der Waals surface area (Å²) >= 11 is 0. The van der Waals surface area contributed by atoms with Crippen molar-refractivity contribution in [1.82, 2.24) is 34.7 Å². The lowest BCUT2D eigenvalue weighted by Gasteiger charge is -2.38. The van der Waals surface area contributed by atoms with Gasteiger partial charge in [0.15, 0.2) is 5.75 Å². The molecule has 1 aliphatic rings. The lowest BCUT2D eigenvalue weighted by molar-refractivity contribution is -0.162. The van der Waals surface area contributed by atoms with Crippen LogP contribution in [0.2, 0.25) is 0 Å². The number of piperazine rings is 1. The number of rotatable bonds is 7. The number of aromatic amines is 1. The highest BCUT2D eigenvalue weighted by Crippen LogP contribution is 2.29. The molecule has 0 aliphatic carbocycles. The van der Waals surface area contributed by atoms with Crippen LogP contribution in [0.5, 0.6) is 5.75 Å². The molecule has 3 aromatic heterocycles. The number of aromatic nitrogens is 5. The molecule has 9 nitrogen and oxygen atoms in total. The molecular formula is C27H28F3N7O2. The van der Waals surface area contributed by atoms with Gasteiger partial charge in [-0.1, -0.05) is 6.07 Å². The van der Waals surface area contributed by atoms with E-state index in [0.717, 1.165) is 33.7 Å².